The van der Waals surface area contributed by atoms with Crippen molar-refractivity contribution in [2.24, 2.45) is 10.9 Å². The quantitative estimate of drug-likeness (QED) is 0.267. The van der Waals surface area contributed by atoms with Crippen molar-refractivity contribution in [3.63, 3.8) is 0 Å². The van der Waals surface area contributed by atoms with Crippen LogP contribution in [0.2, 0.25) is 0 Å². The second-order valence-electron chi connectivity index (χ2n) is 7.60. The van der Waals surface area contributed by atoms with Crippen molar-refractivity contribution in [2.45, 2.75) is 26.4 Å². The molecule has 172 valence electrons. The van der Waals surface area contributed by atoms with Gasteiger partial charge in [0.25, 0.3) is 0 Å². The lowest BCUT2D eigenvalue weighted by atomic mass is 10.0. The predicted octanol–water partition coefficient (Wildman–Crippen LogP) is 2.12. The van der Waals surface area contributed by atoms with Crippen molar-refractivity contribution in [2.75, 3.05) is 47.0 Å². The molecule has 2 heterocycles. The fourth-order valence-corrected chi connectivity index (χ4v) is 3.53. The lowest BCUT2D eigenvalue weighted by Gasteiger charge is -2.37. The summed E-state index contributed by atoms with van der Waals surface area (Å²) in [4.78, 5) is 11.4. The lowest BCUT2D eigenvalue weighted by molar-refractivity contribution is 0.00752. The molecule has 1 aliphatic rings. The molecule has 0 radical (unpaired) electrons. The Balaban J connectivity index is 0.00000341. The highest BCUT2D eigenvalue weighted by atomic mass is 127. The van der Waals surface area contributed by atoms with E-state index in [0.29, 0.717) is 24.3 Å². The van der Waals surface area contributed by atoms with Crippen LogP contribution in [0, 0.1) is 5.92 Å². The molecule has 0 aliphatic carbocycles. The average Bonchev–Trinajstić information content (AvgIpc) is 3.25. The molecule has 9 nitrogen and oxygen atoms in total. The molecule has 1 aliphatic heterocycles. The number of morpholine rings is 1. The van der Waals surface area contributed by atoms with E-state index in [2.05, 4.69) is 49.6 Å². The topological polar surface area (TPSA) is 99.7 Å². The third-order valence-corrected chi connectivity index (χ3v) is 5.29. The van der Waals surface area contributed by atoms with Gasteiger partial charge in [-0.3, -0.25) is 15.0 Å². The Hall–Kier alpha value is -1.92. The van der Waals surface area contributed by atoms with Crippen LogP contribution in [0.15, 0.2) is 29.3 Å². The Morgan fingerprint density at radius 1 is 1.23 bits per heavy atom. The summed E-state index contributed by atoms with van der Waals surface area (Å²) >= 11 is 0. The molecule has 2 aromatic rings. The second-order valence-corrected chi connectivity index (χ2v) is 7.60. The van der Waals surface area contributed by atoms with Crippen LogP contribution in [0.25, 0.3) is 11.4 Å². The van der Waals surface area contributed by atoms with Crippen molar-refractivity contribution >= 4 is 29.9 Å². The van der Waals surface area contributed by atoms with Gasteiger partial charge in [-0.05, 0) is 30.2 Å². The predicted molar refractivity (Wildman–Crippen MR) is 133 cm³/mol. The minimum absolute atomic E-state index is 0. The number of hydrogen-bond acceptors (Lipinski definition) is 6. The third-order valence-electron chi connectivity index (χ3n) is 5.29. The molecule has 0 amide bonds. The van der Waals surface area contributed by atoms with E-state index >= 15 is 0 Å². The minimum Gasteiger partial charge on any atom is -0.497 e. The van der Waals surface area contributed by atoms with Crippen LogP contribution < -0.4 is 15.4 Å². The first-order valence-electron chi connectivity index (χ1n) is 10.4. The first-order valence-corrected chi connectivity index (χ1v) is 10.4. The van der Waals surface area contributed by atoms with Gasteiger partial charge in [-0.15, -0.1) is 24.0 Å². The Morgan fingerprint density at radius 3 is 2.55 bits per heavy atom. The number of nitrogens with zero attached hydrogens (tertiary/aromatic N) is 4. The van der Waals surface area contributed by atoms with E-state index in [4.69, 9.17) is 9.47 Å². The van der Waals surface area contributed by atoms with Crippen LogP contribution in [-0.2, 0) is 11.3 Å². The summed E-state index contributed by atoms with van der Waals surface area (Å²) in [6.45, 7) is 9.40. The fraction of sp³-hybridized carbons (Fsp3) is 0.571. The van der Waals surface area contributed by atoms with E-state index in [1.165, 1.54) is 0 Å². The molecule has 3 N–H and O–H groups in total. The number of halogens is 1. The highest BCUT2D eigenvalue weighted by Crippen LogP contribution is 2.18. The van der Waals surface area contributed by atoms with Crippen molar-refractivity contribution in [3.05, 3.63) is 30.1 Å². The standard InChI is InChI=1S/C21H33N7O2.HI/c1-15(2)18(28-9-11-30-12-10-28)13-23-21(22-3)24-14-19-25-20(27-26-19)16-5-7-17(29-4)8-6-16;/h5-8,15,18H,9-14H2,1-4H3,(H2,22,23,24)(H,25,26,27);1H. The number of aliphatic imine (C=N–C) groups is 1. The molecular weight excluding hydrogens is 509 g/mol. The van der Waals surface area contributed by atoms with Gasteiger partial charge in [-0.1, -0.05) is 13.8 Å². The molecule has 1 fully saturated rings. The number of aromatic amines is 1. The maximum absolute atomic E-state index is 5.49. The number of guanidine groups is 1. The Morgan fingerprint density at radius 2 is 1.94 bits per heavy atom. The van der Waals surface area contributed by atoms with Crippen LogP contribution >= 0.6 is 24.0 Å². The van der Waals surface area contributed by atoms with Gasteiger partial charge in [0.05, 0.1) is 26.9 Å². The maximum Gasteiger partial charge on any atom is 0.191 e. The van der Waals surface area contributed by atoms with Gasteiger partial charge in [0.2, 0.25) is 0 Å². The molecule has 0 saturated carbocycles. The van der Waals surface area contributed by atoms with E-state index in [1.54, 1.807) is 14.2 Å². The van der Waals surface area contributed by atoms with E-state index in [9.17, 15) is 0 Å². The molecule has 0 bridgehead atoms. The van der Waals surface area contributed by atoms with Gasteiger partial charge in [0, 0.05) is 38.3 Å². The highest BCUT2D eigenvalue weighted by Gasteiger charge is 2.23. The van der Waals surface area contributed by atoms with E-state index in [-0.39, 0.29) is 24.0 Å². The minimum atomic E-state index is 0. The highest BCUT2D eigenvalue weighted by molar-refractivity contribution is 14.0. The van der Waals surface area contributed by atoms with Gasteiger partial charge in [0.15, 0.2) is 11.8 Å². The Bertz CT molecular complexity index is 804. The lowest BCUT2D eigenvalue weighted by Crippen LogP contribution is -2.52. The number of H-pyrrole nitrogens is 1. The first-order chi connectivity index (χ1) is 14.6. The van der Waals surface area contributed by atoms with Crippen LogP contribution in [0.5, 0.6) is 5.75 Å². The number of rotatable bonds is 8. The monoisotopic (exact) mass is 543 g/mol. The van der Waals surface area contributed by atoms with Crippen molar-refractivity contribution < 1.29 is 9.47 Å². The zero-order valence-corrected chi connectivity index (χ0v) is 21.1. The molecule has 31 heavy (non-hydrogen) atoms. The smallest absolute Gasteiger partial charge is 0.191 e. The van der Waals surface area contributed by atoms with Gasteiger partial charge in [0.1, 0.15) is 11.6 Å². The number of nitrogens with one attached hydrogen (secondary N) is 3. The molecule has 1 unspecified atom stereocenters. The summed E-state index contributed by atoms with van der Waals surface area (Å²) in [5.41, 5.74) is 0.936. The number of methoxy groups -OCH3 is 1. The summed E-state index contributed by atoms with van der Waals surface area (Å²) in [5.74, 6) is 3.50. The van der Waals surface area contributed by atoms with Gasteiger partial charge >= 0.3 is 0 Å². The summed E-state index contributed by atoms with van der Waals surface area (Å²) < 4.78 is 10.7. The molecule has 1 aromatic heterocycles. The molecule has 1 saturated heterocycles. The van der Waals surface area contributed by atoms with Crippen molar-refractivity contribution in [1.29, 1.82) is 0 Å². The van der Waals surface area contributed by atoms with Crippen LogP contribution in [0.1, 0.15) is 19.7 Å². The number of aromatic nitrogens is 3. The van der Waals surface area contributed by atoms with E-state index < -0.39 is 0 Å². The zero-order valence-electron chi connectivity index (χ0n) is 18.7. The first kappa shape index (κ1) is 25.3. The van der Waals surface area contributed by atoms with Gasteiger partial charge < -0.3 is 20.1 Å². The normalized spacial score (nSPS) is 16.0. The zero-order chi connectivity index (χ0) is 21.3. The molecule has 1 aromatic carbocycles. The second kappa shape index (κ2) is 12.8. The van der Waals surface area contributed by atoms with Crippen molar-refractivity contribution in [1.82, 2.24) is 30.7 Å². The number of benzene rings is 1. The summed E-state index contributed by atoms with van der Waals surface area (Å²) in [7, 11) is 3.43. The average molecular weight is 543 g/mol. The van der Waals surface area contributed by atoms with E-state index in [0.717, 1.165) is 55.9 Å². The Kier molecular flexibility index (Phi) is 10.5. The van der Waals surface area contributed by atoms with Crippen molar-refractivity contribution in [3.8, 4) is 17.1 Å². The maximum atomic E-state index is 5.49. The Labute approximate surface area is 201 Å². The van der Waals surface area contributed by atoms with Crippen LogP contribution in [-0.4, -0.2) is 79.1 Å². The van der Waals surface area contributed by atoms with Crippen LogP contribution in [0.3, 0.4) is 0 Å². The van der Waals surface area contributed by atoms with E-state index in [1.807, 2.05) is 24.3 Å². The number of ether oxygens (including phenoxy) is 2. The summed E-state index contributed by atoms with van der Waals surface area (Å²) in [5, 5.41) is 14.1. The fourth-order valence-electron chi connectivity index (χ4n) is 3.53. The molecule has 10 heteroatoms. The molecular formula is C21H34IN7O2. The summed E-state index contributed by atoms with van der Waals surface area (Å²) in [6.07, 6.45) is 0. The molecule has 1 atom stereocenters. The van der Waals surface area contributed by atoms with Crippen LogP contribution in [0.4, 0.5) is 0 Å². The molecule has 0 spiro atoms. The number of hydrogen-bond donors (Lipinski definition) is 3. The van der Waals surface area contributed by atoms with Gasteiger partial charge in [-0.2, -0.15) is 5.10 Å². The molecule has 3 rings (SSSR count). The third kappa shape index (κ3) is 7.32. The summed E-state index contributed by atoms with van der Waals surface area (Å²) in [6, 6.07) is 8.11. The SMILES string of the molecule is CN=C(NCc1nc(-c2ccc(OC)cc2)n[nH]1)NCC(C(C)C)N1CCOCC1.I. The van der Waals surface area contributed by atoms with Gasteiger partial charge in [-0.25, -0.2) is 4.98 Å². The largest absolute Gasteiger partial charge is 0.497 e.